The van der Waals surface area contributed by atoms with E-state index in [4.69, 9.17) is 9.47 Å². The molecule has 8 heteroatoms. The fourth-order valence-electron chi connectivity index (χ4n) is 10.1. The highest BCUT2D eigenvalue weighted by atomic mass is 16.6. The number of ether oxygens (including phenoxy) is 2. The van der Waals surface area contributed by atoms with Gasteiger partial charge in [0, 0.05) is 55.5 Å². The molecule has 1 aromatic carbocycles. The Bertz CT molecular complexity index is 1230. The Labute approximate surface area is 237 Å². The number of amides is 2. The number of methoxy groups -OCH3 is 1. The summed E-state index contributed by atoms with van der Waals surface area (Å²) >= 11 is 0. The maximum absolute atomic E-state index is 13.4. The van der Waals surface area contributed by atoms with Crippen molar-refractivity contribution in [3.05, 3.63) is 23.3 Å². The Morgan fingerprint density at radius 2 is 2.02 bits per heavy atom. The standard InChI is InChI=1S/C32H45N3O5/c1-18(2)13-23(34-19(3)36)28(38)33-16-22-15-30-9-10-32(22,39-4)29-31(30)11-12-35(17-20-5-6-20)25(30)14-21-7-8-24(37)27(40-29)26(21)31/h7-8,18,20,22-23,25,29,37H,5-6,9-17H2,1-4H3,(H,33,38)(H,34,36)/t22-,23+,25-,29?,30-,31+,32?/m1/s1. The number of rotatable bonds is 9. The number of hydrogen-bond acceptors (Lipinski definition) is 6. The van der Waals surface area contributed by atoms with E-state index in [1.54, 1.807) is 7.11 Å². The number of likely N-dealkylation sites (tertiary alicyclic amines) is 1. The summed E-state index contributed by atoms with van der Waals surface area (Å²) in [6, 6.07) is 3.84. The molecular weight excluding hydrogens is 506 g/mol. The first-order chi connectivity index (χ1) is 19.1. The van der Waals surface area contributed by atoms with E-state index in [1.807, 2.05) is 6.07 Å². The second kappa shape index (κ2) is 9.09. The zero-order valence-corrected chi connectivity index (χ0v) is 24.4. The lowest BCUT2D eigenvalue weighted by Gasteiger charge is -2.74. The summed E-state index contributed by atoms with van der Waals surface area (Å²) in [7, 11) is 1.80. The third-order valence-electron chi connectivity index (χ3n) is 11.7. The van der Waals surface area contributed by atoms with Gasteiger partial charge in [-0.1, -0.05) is 19.9 Å². The molecule has 2 amide bonds. The van der Waals surface area contributed by atoms with Crippen molar-refractivity contribution in [1.82, 2.24) is 15.5 Å². The normalized spacial score (nSPS) is 37.6. The van der Waals surface area contributed by atoms with E-state index in [-0.39, 0.29) is 46.3 Å². The van der Waals surface area contributed by atoms with Crippen molar-refractivity contribution in [2.75, 3.05) is 26.7 Å². The van der Waals surface area contributed by atoms with E-state index in [1.165, 1.54) is 37.4 Å². The molecule has 3 N–H and O–H groups in total. The summed E-state index contributed by atoms with van der Waals surface area (Å²) in [4.78, 5) is 28.1. The number of carbonyl (C=O) groups is 2. The van der Waals surface area contributed by atoms with Crippen molar-refractivity contribution in [3.8, 4) is 11.5 Å². The van der Waals surface area contributed by atoms with Gasteiger partial charge in [0.2, 0.25) is 11.8 Å². The molecule has 2 spiro atoms. The molecule has 5 aliphatic carbocycles. The monoisotopic (exact) mass is 551 g/mol. The Kier molecular flexibility index (Phi) is 6.04. The number of carbonyl (C=O) groups excluding carboxylic acids is 2. The quantitative estimate of drug-likeness (QED) is 0.436. The molecule has 2 aliphatic heterocycles. The van der Waals surface area contributed by atoms with Gasteiger partial charge in [0.15, 0.2) is 11.5 Å². The van der Waals surface area contributed by atoms with Crippen molar-refractivity contribution in [3.63, 3.8) is 0 Å². The van der Waals surface area contributed by atoms with Gasteiger partial charge in [0.25, 0.3) is 0 Å². The zero-order valence-electron chi connectivity index (χ0n) is 24.4. The predicted molar refractivity (Wildman–Crippen MR) is 150 cm³/mol. The average molecular weight is 552 g/mol. The van der Waals surface area contributed by atoms with Gasteiger partial charge in [0.1, 0.15) is 17.7 Å². The molecule has 0 radical (unpaired) electrons. The first kappa shape index (κ1) is 26.6. The Hall–Kier alpha value is -2.32. The molecule has 8 rings (SSSR count). The minimum absolute atomic E-state index is 0.0154. The van der Waals surface area contributed by atoms with Crippen LogP contribution >= 0.6 is 0 Å². The van der Waals surface area contributed by atoms with Gasteiger partial charge in [0.05, 0.1) is 0 Å². The zero-order chi connectivity index (χ0) is 28.0. The van der Waals surface area contributed by atoms with Crippen molar-refractivity contribution in [2.24, 2.45) is 23.2 Å². The highest BCUT2D eigenvalue weighted by Gasteiger charge is 2.80. The van der Waals surface area contributed by atoms with Crippen molar-refractivity contribution in [1.29, 1.82) is 0 Å². The lowest BCUT2D eigenvalue weighted by molar-refractivity contribution is -0.276. The van der Waals surface area contributed by atoms with Crippen LogP contribution in [0, 0.1) is 23.2 Å². The fraction of sp³-hybridized carbons (Fsp3) is 0.750. The third-order valence-corrected chi connectivity index (χ3v) is 11.7. The van der Waals surface area contributed by atoms with E-state index in [0.717, 1.165) is 44.6 Å². The minimum atomic E-state index is -0.556. The van der Waals surface area contributed by atoms with E-state index >= 15 is 0 Å². The first-order valence-electron chi connectivity index (χ1n) is 15.5. The van der Waals surface area contributed by atoms with Crippen LogP contribution in [0.15, 0.2) is 12.1 Å². The van der Waals surface area contributed by atoms with Crippen LogP contribution in [0.5, 0.6) is 11.5 Å². The van der Waals surface area contributed by atoms with Crippen LogP contribution in [-0.4, -0.2) is 72.4 Å². The van der Waals surface area contributed by atoms with Gasteiger partial charge in [-0.15, -0.1) is 0 Å². The van der Waals surface area contributed by atoms with Crippen LogP contribution in [0.2, 0.25) is 0 Å². The highest BCUT2D eigenvalue weighted by molar-refractivity contribution is 5.86. The number of aromatic hydroxyl groups is 1. The summed E-state index contributed by atoms with van der Waals surface area (Å²) in [6.45, 7) is 8.32. The van der Waals surface area contributed by atoms with E-state index < -0.39 is 11.6 Å². The van der Waals surface area contributed by atoms with Crippen molar-refractivity contribution < 1.29 is 24.2 Å². The van der Waals surface area contributed by atoms with Gasteiger partial charge in [-0.05, 0) is 81.4 Å². The topological polar surface area (TPSA) is 100 Å². The number of nitrogens with zero attached hydrogens (tertiary/aromatic N) is 1. The molecular formula is C32H45N3O5. The Morgan fingerprint density at radius 1 is 1.23 bits per heavy atom. The van der Waals surface area contributed by atoms with Crippen LogP contribution in [-0.2, 0) is 26.2 Å². The smallest absolute Gasteiger partial charge is 0.242 e. The molecule has 0 aromatic heterocycles. The van der Waals surface area contributed by atoms with Gasteiger partial charge in [-0.25, -0.2) is 0 Å². The molecule has 7 atom stereocenters. The van der Waals surface area contributed by atoms with Gasteiger partial charge in [-0.2, -0.15) is 0 Å². The van der Waals surface area contributed by atoms with E-state index in [9.17, 15) is 14.7 Å². The number of phenolic OH excluding ortho intramolecular Hbond substituents is 1. The van der Waals surface area contributed by atoms with Crippen molar-refractivity contribution in [2.45, 2.75) is 101 Å². The molecule has 4 saturated carbocycles. The third kappa shape index (κ3) is 3.50. The second-order valence-electron chi connectivity index (χ2n) is 14.2. The molecule has 1 aromatic rings. The van der Waals surface area contributed by atoms with Crippen LogP contribution in [0.3, 0.4) is 0 Å². The molecule has 2 heterocycles. The first-order valence-corrected chi connectivity index (χ1v) is 15.5. The van der Waals surface area contributed by atoms with Gasteiger partial charge in [-0.3, -0.25) is 14.5 Å². The summed E-state index contributed by atoms with van der Waals surface area (Å²) in [6.07, 6.45) is 8.03. The fourth-order valence-corrected chi connectivity index (χ4v) is 10.1. The summed E-state index contributed by atoms with van der Waals surface area (Å²) < 4.78 is 13.4. The van der Waals surface area contributed by atoms with Crippen LogP contribution < -0.4 is 15.4 Å². The minimum Gasteiger partial charge on any atom is -0.504 e. The maximum atomic E-state index is 13.4. The average Bonchev–Trinajstić information content (AvgIpc) is 3.66. The van der Waals surface area contributed by atoms with Crippen LogP contribution in [0.25, 0.3) is 0 Å². The van der Waals surface area contributed by atoms with Gasteiger partial charge >= 0.3 is 0 Å². The van der Waals surface area contributed by atoms with Gasteiger partial charge < -0.3 is 25.2 Å². The molecule has 8 nitrogen and oxygen atoms in total. The Balaban J connectivity index is 1.26. The summed E-state index contributed by atoms with van der Waals surface area (Å²) in [5.74, 6) is 1.78. The van der Waals surface area contributed by atoms with Crippen molar-refractivity contribution >= 4 is 11.8 Å². The largest absolute Gasteiger partial charge is 0.504 e. The number of phenols is 1. The molecule has 5 fully saturated rings. The number of piperidine rings is 1. The Morgan fingerprint density at radius 3 is 2.73 bits per heavy atom. The summed E-state index contributed by atoms with van der Waals surface area (Å²) in [5.41, 5.74) is 1.87. The SMILES string of the molecule is COC12CC[C@@]3(C[C@@H]1CNC(=O)[C@H](CC(C)C)NC(C)=O)[C@H]1Cc4ccc(O)c5c4[C@@]3(CCN1CC1CC1)C2O5. The summed E-state index contributed by atoms with van der Waals surface area (Å²) in [5, 5.41) is 17.1. The van der Waals surface area contributed by atoms with Crippen LogP contribution in [0.4, 0.5) is 0 Å². The number of fused-ring (bicyclic) bond motifs is 2. The molecule has 7 aliphatic rings. The highest BCUT2D eigenvalue weighted by Crippen LogP contribution is 2.76. The number of hydrogen-bond donors (Lipinski definition) is 3. The number of nitrogens with one attached hydrogen (secondary N) is 2. The second-order valence-corrected chi connectivity index (χ2v) is 14.2. The van der Waals surface area contributed by atoms with Crippen LogP contribution in [0.1, 0.15) is 76.8 Å². The predicted octanol–water partition coefficient (Wildman–Crippen LogP) is 3.28. The molecule has 1 saturated heterocycles. The van der Waals surface area contributed by atoms with E-state index in [0.29, 0.717) is 24.8 Å². The molecule has 4 bridgehead atoms. The lowest BCUT2D eigenvalue weighted by atomic mass is 9.35. The molecule has 218 valence electrons. The molecule has 40 heavy (non-hydrogen) atoms. The maximum Gasteiger partial charge on any atom is 0.242 e. The number of benzene rings is 1. The lowest BCUT2D eigenvalue weighted by Crippen LogP contribution is -2.81. The van der Waals surface area contributed by atoms with E-state index in [2.05, 4.69) is 35.4 Å². The molecule has 2 unspecified atom stereocenters.